The first kappa shape index (κ1) is 17.5. The van der Waals surface area contributed by atoms with E-state index in [0.29, 0.717) is 18.7 Å². The summed E-state index contributed by atoms with van der Waals surface area (Å²) in [5.41, 5.74) is 1.73. The normalized spacial score (nSPS) is 20.8. The second-order valence-electron chi connectivity index (χ2n) is 6.26. The van der Waals surface area contributed by atoms with Crippen LogP contribution in [0.15, 0.2) is 24.3 Å². The third kappa shape index (κ3) is 5.36. The number of rotatable bonds is 5. The van der Waals surface area contributed by atoms with Crippen molar-refractivity contribution < 1.29 is 14.7 Å². The van der Waals surface area contributed by atoms with Crippen LogP contribution < -0.4 is 10.6 Å². The lowest BCUT2D eigenvalue weighted by Gasteiger charge is -2.25. The first-order valence-corrected chi connectivity index (χ1v) is 8.45. The zero-order valence-corrected chi connectivity index (χ0v) is 13.7. The summed E-state index contributed by atoms with van der Waals surface area (Å²) in [7, 11) is 0. The monoisotopic (exact) mass is 318 g/mol. The molecule has 0 spiro atoms. The van der Waals surface area contributed by atoms with Crippen LogP contribution in [0, 0.1) is 5.92 Å². The van der Waals surface area contributed by atoms with Crippen molar-refractivity contribution >= 4 is 17.5 Å². The van der Waals surface area contributed by atoms with Gasteiger partial charge in [0.25, 0.3) is 0 Å². The zero-order valence-electron chi connectivity index (χ0n) is 13.7. The molecule has 2 rings (SSSR count). The average Bonchev–Trinajstić information content (AvgIpc) is 2.54. The number of nitrogens with one attached hydrogen (secondary N) is 2. The molecule has 0 aromatic heterocycles. The van der Waals surface area contributed by atoms with Crippen molar-refractivity contribution in [3.8, 4) is 0 Å². The number of carbonyl (C=O) groups excluding carboxylic acids is 2. The van der Waals surface area contributed by atoms with E-state index in [1.165, 1.54) is 0 Å². The highest BCUT2D eigenvalue weighted by atomic mass is 16.3. The van der Waals surface area contributed by atoms with Crippen molar-refractivity contribution in [3.63, 3.8) is 0 Å². The predicted octanol–water partition coefficient (Wildman–Crippen LogP) is 2.24. The third-order valence-electron chi connectivity index (χ3n) is 4.30. The van der Waals surface area contributed by atoms with E-state index in [9.17, 15) is 14.7 Å². The van der Waals surface area contributed by atoms with Crippen LogP contribution in [0.4, 0.5) is 5.69 Å². The maximum absolute atomic E-state index is 12.0. The number of aliphatic hydroxyl groups is 1. The highest BCUT2D eigenvalue weighted by Gasteiger charge is 2.22. The Morgan fingerprint density at radius 2 is 2.00 bits per heavy atom. The van der Waals surface area contributed by atoms with E-state index in [1.54, 1.807) is 0 Å². The van der Waals surface area contributed by atoms with Gasteiger partial charge in [0, 0.05) is 12.2 Å². The summed E-state index contributed by atoms with van der Waals surface area (Å²) >= 11 is 0. The maximum Gasteiger partial charge on any atom is 0.313 e. The third-order valence-corrected chi connectivity index (χ3v) is 4.30. The van der Waals surface area contributed by atoms with Gasteiger partial charge in [-0.3, -0.25) is 9.59 Å². The Hall–Kier alpha value is -1.88. The van der Waals surface area contributed by atoms with E-state index in [0.717, 1.165) is 37.7 Å². The van der Waals surface area contributed by atoms with Crippen LogP contribution >= 0.6 is 0 Å². The van der Waals surface area contributed by atoms with Crippen LogP contribution in [0.5, 0.6) is 0 Å². The van der Waals surface area contributed by atoms with E-state index < -0.39 is 11.8 Å². The molecule has 1 aliphatic rings. The van der Waals surface area contributed by atoms with Gasteiger partial charge >= 0.3 is 11.8 Å². The SMILES string of the molecule is CCCc1ccccc1NC(=O)C(=O)NCC1CCCC(O)C1. The molecule has 2 amide bonds. The lowest BCUT2D eigenvalue weighted by Crippen LogP contribution is -2.39. The van der Waals surface area contributed by atoms with Gasteiger partial charge in [0.2, 0.25) is 0 Å². The Labute approximate surface area is 137 Å². The summed E-state index contributed by atoms with van der Waals surface area (Å²) < 4.78 is 0. The average molecular weight is 318 g/mol. The molecule has 0 radical (unpaired) electrons. The number of anilines is 1. The Bertz CT molecular complexity index is 545. The predicted molar refractivity (Wildman–Crippen MR) is 90.0 cm³/mol. The van der Waals surface area contributed by atoms with Crippen molar-refractivity contribution in [1.29, 1.82) is 0 Å². The van der Waals surface area contributed by atoms with Gasteiger partial charge in [0.05, 0.1) is 6.10 Å². The van der Waals surface area contributed by atoms with Gasteiger partial charge in [-0.2, -0.15) is 0 Å². The minimum Gasteiger partial charge on any atom is -0.393 e. The fourth-order valence-corrected chi connectivity index (χ4v) is 3.07. The molecule has 1 aromatic rings. The van der Waals surface area contributed by atoms with E-state index in [4.69, 9.17) is 0 Å². The van der Waals surface area contributed by atoms with Gasteiger partial charge in [-0.1, -0.05) is 38.0 Å². The van der Waals surface area contributed by atoms with Crippen LogP contribution in [0.1, 0.15) is 44.6 Å². The van der Waals surface area contributed by atoms with Crippen LogP contribution in [-0.2, 0) is 16.0 Å². The quantitative estimate of drug-likeness (QED) is 0.729. The first-order chi connectivity index (χ1) is 11.1. The molecule has 1 fully saturated rings. The number of hydrogen-bond acceptors (Lipinski definition) is 3. The van der Waals surface area contributed by atoms with Gasteiger partial charge in [-0.15, -0.1) is 0 Å². The molecule has 5 nitrogen and oxygen atoms in total. The molecule has 2 atom stereocenters. The Balaban J connectivity index is 1.84. The molecule has 0 heterocycles. The summed E-state index contributed by atoms with van der Waals surface area (Å²) in [4.78, 5) is 24.0. The maximum atomic E-state index is 12.0. The molecule has 0 saturated heterocycles. The largest absolute Gasteiger partial charge is 0.393 e. The van der Waals surface area contributed by atoms with Crippen molar-refractivity contribution in [3.05, 3.63) is 29.8 Å². The number of para-hydroxylation sites is 1. The molecule has 3 N–H and O–H groups in total. The number of aryl methyl sites for hydroxylation is 1. The lowest BCUT2D eigenvalue weighted by atomic mass is 9.87. The van der Waals surface area contributed by atoms with Gasteiger partial charge < -0.3 is 15.7 Å². The second kappa shape index (κ2) is 8.67. The molecule has 0 bridgehead atoms. The standard InChI is InChI=1S/C18H26N2O3/c1-2-6-14-8-3-4-10-16(14)20-18(23)17(22)19-12-13-7-5-9-15(21)11-13/h3-4,8,10,13,15,21H,2,5-7,9,11-12H2,1H3,(H,19,22)(H,20,23). The van der Waals surface area contributed by atoms with Gasteiger partial charge in [-0.05, 0) is 43.2 Å². The van der Waals surface area contributed by atoms with Crippen LogP contribution in [0.25, 0.3) is 0 Å². The number of carbonyl (C=O) groups is 2. The van der Waals surface area contributed by atoms with E-state index in [-0.39, 0.29) is 12.0 Å². The molecule has 1 aliphatic carbocycles. The second-order valence-corrected chi connectivity index (χ2v) is 6.26. The lowest BCUT2D eigenvalue weighted by molar-refractivity contribution is -0.136. The fraction of sp³-hybridized carbons (Fsp3) is 0.556. The Kier molecular flexibility index (Phi) is 6.59. The van der Waals surface area contributed by atoms with Crippen LogP contribution in [0.2, 0.25) is 0 Å². The van der Waals surface area contributed by atoms with Crippen molar-refractivity contribution in [2.24, 2.45) is 5.92 Å². The summed E-state index contributed by atoms with van der Waals surface area (Å²) in [5.74, 6) is -0.996. The van der Waals surface area contributed by atoms with Crippen LogP contribution in [0.3, 0.4) is 0 Å². The smallest absolute Gasteiger partial charge is 0.313 e. The first-order valence-electron chi connectivity index (χ1n) is 8.45. The molecule has 5 heteroatoms. The molecule has 23 heavy (non-hydrogen) atoms. The topological polar surface area (TPSA) is 78.4 Å². The molecular formula is C18H26N2O3. The molecule has 2 unspecified atom stereocenters. The highest BCUT2D eigenvalue weighted by Crippen LogP contribution is 2.23. The summed E-state index contributed by atoms with van der Waals surface area (Å²) in [6.07, 6.45) is 5.04. The van der Waals surface area contributed by atoms with Gasteiger partial charge in [-0.25, -0.2) is 0 Å². The van der Waals surface area contributed by atoms with Gasteiger partial charge in [0.15, 0.2) is 0 Å². The minimum absolute atomic E-state index is 0.253. The zero-order chi connectivity index (χ0) is 16.7. The summed E-state index contributed by atoms with van der Waals surface area (Å²) in [6, 6.07) is 7.54. The summed E-state index contributed by atoms with van der Waals surface area (Å²) in [5, 5.41) is 15.0. The number of amides is 2. The summed E-state index contributed by atoms with van der Waals surface area (Å²) in [6.45, 7) is 2.52. The minimum atomic E-state index is -0.634. The Morgan fingerprint density at radius 1 is 1.22 bits per heavy atom. The molecule has 1 aromatic carbocycles. The van der Waals surface area contributed by atoms with Crippen LogP contribution in [-0.4, -0.2) is 29.6 Å². The van der Waals surface area contributed by atoms with Crippen molar-refractivity contribution in [2.45, 2.75) is 51.6 Å². The molecule has 126 valence electrons. The molecular weight excluding hydrogens is 292 g/mol. The molecule has 0 aliphatic heterocycles. The number of aliphatic hydroxyl groups excluding tert-OH is 1. The highest BCUT2D eigenvalue weighted by molar-refractivity contribution is 6.39. The molecule has 1 saturated carbocycles. The Morgan fingerprint density at radius 3 is 2.74 bits per heavy atom. The van der Waals surface area contributed by atoms with Gasteiger partial charge in [0.1, 0.15) is 0 Å². The number of benzene rings is 1. The van der Waals surface area contributed by atoms with E-state index in [2.05, 4.69) is 17.6 Å². The number of hydrogen-bond donors (Lipinski definition) is 3. The fourth-order valence-electron chi connectivity index (χ4n) is 3.07. The van der Waals surface area contributed by atoms with Crippen molar-refractivity contribution in [2.75, 3.05) is 11.9 Å². The van der Waals surface area contributed by atoms with E-state index >= 15 is 0 Å². The van der Waals surface area contributed by atoms with Crippen molar-refractivity contribution in [1.82, 2.24) is 5.32 Å². The van der Waals surface area contributed by atoms with E-state index in [1.807, 2.05) is 24.3 Å².